The number of ether oxygens (including phenoxy) is 1. The Morgan fingerprint density at radius 2 is 1.83 bits per heavy atom. The monoisotopic (exact) mass is 511 g/mol. The van der Waals surface area contributed by atoms with Gasteiger partial charge >= 0.3 is 6.09 Å². The first-order valence-corrected chi connectivity index (χ1v) is 14.2. The highest BCUT2D eigenvalue weighted by Gasteiger charge is 2.25. The molecule has 1 aliphatic rings. The Morgan fingerprint density at radius 1 is 1.11 bits per heavy atom. The molecule has 9 nitrogen and oxygen atoms in total. The number of rotatable bonds is 8. The van der Waals surface area contributed by atoms with E-state index in [-0.39, 0.29) is 17.9 Å². The largest absolute Gasteiger partial charge is 0.450 e. The summed E-state index contributed by atoms with van der Waals surface area (Å²) in [5.41, 5.74) is 2.66. The lowest BCUT2D eigenvalue weighted by molar-refractivity contribution is 0.0983. The maximum absolute atomic E-state index is 12.2. The van der Waals surface area contributed by atoms with E-state index in [1.807, 2.05) is 55.5 Å². The number of aromatic nitrogens is 2. The highest BCUT2D eigenvalue weighted by atomic mass is 32.2. The predicted molar refractivity (Wildman–Crippen MR) is 142 cm³/mol. The van der Waals surface area contributed by atoms with Gasteiger partial charge in [0.05, 0.1) is 23.9 Å². The molecule has 3 aromatic rings. The van der Waals surface area contributed by atoms with Gasteiger partial charge in [0.2, 0.25) is 5.95 Å². The number of fused-ring (bicyclic) bond motifs is 1. The third-order valence-corrected chi connectivity index (χ3v) is 7.20. The molecule has 1 amide bonds. The second-order valence-electron chi connectivity index (χ2n) is 9.17. The van der Waals surface area contributed by atoms with E-state index >= 15 is 0 Å². The zero-order valence-electron chi connectivity index (χ0n) is 20.9. The van der Waals surface area contributed by atoms with E-state index in [9.17, 15) is 13.2 Å². The maximum Gasteiger partial charge on any atom is 0.409 e. The van der Waals surface area contributed by atoms with Gasteiger partial charge in [-0.1, -0.05) is 42.5 Å². The van der Waals surface area contributed by atoms with Gasteiger partial charge < -0.3 is 20.3 Å². The van der Waals surface area contributed by atoms with Crippen LogP contribution in [0.3, 0.4) is 0 Å². The number of hydrogen-bond donors (Lipinski definition) is 2. The van der Waals surface area contributed by atoms with Crippen LogP contribution < -0.4 is 10.6 Å². The summed E-state index contributed by atoms with van der Waals surface area (Å²) in [4.78, 5) is 23.3. The van der Waals surface area contributed by atoms with Crippen LogP contribution in [0.15, 0.2) is 48.5 Å². The molecule has 10 heteroatoms. The molecule has 2 heterocycles. The molecule has 1 atom stereocenters. The van der Waals surface area contributed by atoms with Crippen molar-refractivity contribution in [3.05, 3.63) is 59.7 Å². The molecule has 0 saturated carbocycles. The van der Waals surface area contributed by atoms with Crippen molar-refractivity contribution in [1.82, 2.24) is 14.9 Å². The minimum absolute atomic E-state index is 0.0661. The molecule has 1 aromatic heterocycles. The smallest absolute Gasteiger partial charge is 0.409 e. The number of carbonyl (C=O) groups is 1. The highest BCUT2D eigenvalue weighted by Crippen LogP contribution is 2.29. The van der Waals surface area contributed by atoms with Crippen molar-refractivity contribution >= 4 is 38.6 Å². The number of para-hydroxylation sites is 1. The van der Waals surface area contributed by atoms with Crippen LogP contribution in [0.5, 0.6) is 0 Å². The summed E-state index contributed by atoms with van der Waals surface area (Å²) in [6, 6.07) is 15.0. The molecule has 1 fully saturated rings. The van der Waals surface area contributed by atoms with Gasteiger partial charge in [-0.25, -0.2) is 18.2 Å². The van der Waals surface area contributed by atoms with Crippen LogP contribution in [0.25, 0.3) is 10.9 Å². The fourth-order valence-corrected chi connectivity index (χ4v) is 5.33. The Labute approximate surface area is 212 Å². The summed E-state index contributed by atoms with van der Waals surface area (Å²) >= 11 is 0. The molecule has 4 rings (SSSR count). The third-order valence-electron chi connectivity index (χ3n) is 6.26. The van der Waals surface area contributed by atoms with E-state index in [0.29, 0.717) is 31.5 Å². The summed E-state index contributed by atoms with van der Waals surface area (Å²) in [6.07, 6.45) is 2.45. The van der Waals surface area contributed by atoms with Crippen LogP contribution in [0.4, 0.5) is 16.6 Å². The van der Waals surface area contributed by atoms with Crippen molar-refractivity contribution < 1.29 is 17.9 Å². The van der Waals surface area contributed by atoms with Gasteiger partial charge in [-0.15, -0.1) is 0 Å². The number of benzene rings is 2. The molecule has 0 radical (unpaired) electrons. The molecule has 1 unspecified atom stereocenters. The standard InChI is InChI=1S/C26H33N5O4S/c1-4-35-26(32)31-15-13-20(14-16-31)27-25-29-23-18(2)9-8-12-21(23)24(30-25)28-22(17-36(3,33)34)19-10-6-5-7-11-19/h5-12,20,22H,4,13-17H2,1-3H3,(H2,27,28,29,30). The Balaban J connectivity index is 1.61. The summed E-state index contributed by atoms with van der Waals surface area (Å²) in [5, 5.41) is 7.66. The van der Waals surface area contributed by atoms with Gasteiger partial charge in [-0.2, -0.15) is 4.98 Å². The number of aryl methyl sites for hydroxylation is 1. The Bertz CT molecular complexity index is 1310. The number of nitrogens with one attached hydrogen (secondary N) is 2. The van der Waals surface area contributed by atoms with Crippen LogP contribution in [-0.2, 0) is 14.6 Å². The highest BCUT2D eigenvalue weighted by molar-refractivity contribution is 7.90. The van der Waals surface area contributed by atoms with Crippen molar-refractivity contribution in [3.8, 4) is 0 Å². The zero-order chi connectivity index (χ0) is 25.7. The molecule has 2 N–H and O–H groups in total. The molecule has 0 bridgehead atoms. The number of sulfone groups is 1. The van der Waals surface area contributed by atoms with E-state index in [2.05, 4.69) is 10.6 Å². The van der Waals surface area contributed by atoms with E-state index < -0.39 is 15.9 Å². The number of piperidine rings is 1. The molecule has 0 spiro atoms. The van der Waals surface area contributed by atoms with E-state index in [1.54, 1.807) is 11.8 Å². The quantitative estimate of drug-likeness (QED) is 0.463. The molecule has 192 valence electrons. The number of nitrogens with zero attached hydrogens (tertiary/aromatic N) is 3. The second kappa shape index (κ2) is 11.1. The molecule has 1 aliphatic heterocycles. The van der Waals surface area contributed by atoms with Crippen molar-refractivity contribution in [2.24, 2.45) is 0 Å². The fraction of sp³-hybridized carbons (Fsp3) is 0.423. The molecular formula is C26H33N5O4S. The summed E-state index contributed by atoms with van der Waals surface area (Å²) in [6.45, 7) is 5.35. The number of carbonyl (C=O) groups excluding carboxylic acids is 1. The minimum Gasteiger partial charge on any atom is -0.450 e. The van der Waals surface area contributed by atoms with Gasteiger partial charge in [0.1, 0.15) is 15.7 Å². The fourth-order valence-electron chi connectivity index (χ4n) is 4.45. The first-order valence-electron chi connectivity index (χ1n) is 12.2. The lowest BCUT2D eigenvalue weighted by atomic mass is 10.1. The summed E-state index contributed by atoms with van der Waals surface area (Å²) in [5.74, 6) is 0.983. The average Bonchev–Trinajstić information content (AvgIpc) is 2.85. The summed E-state index contributed by atoms with van der Waals surface area (Å²) in [7, 11) is -3.27. The van der Waals surface area contributed by atoms with Crippen LogP contribution in [0.2, 0.25) is 0 Å². The maximum atomic E-state index is 12.2. The van der Waals surface area contributed by atoms with Crippen molar-refractivity contribution in [2.75, 3.05) is 42.3 Å². The Morgan fingerprint density at radius 3 is 2.50 bits per heavy atom. The van der Waals surface area contributed by atoms with E-state index in [4.69, 9.17) is 14.7 Å². The minimum atomic E-state index is -3.27. The Hall–Kier alpha value is -3.40. The average molecular weight is 512 g/mol. The topological polar surface area (TPSA) is 114 Å². The number of hydrogen-bond acceptors (Lipinski definition) is 8. The van der Waals surface area contributed by atoms with E-state index in [1.165, 1.54) is 6.26 Å². The first-order chi connectivity index (χ1) is 17.2. The molecule has 0 aliphatic carbocycles. The first kappa shape index (κ1) is 25.7. The van der Waals surface area contributed by atoms with Crippen molar-refractivity contribution in [1.29, 1.82) is 0 Å². The lowest BCUT2D eigenvalue weighted by Gasteiger charge is -2.31. The Kier molecular flexibility index (Phi) is 7.93. The predicted octanol–water partition coefficient (Wildman–Crippen LogP) is 4.17. The van der Waals surface area contributed by atoms with Gasteiger partial charge in [-0.3, -0.25) is 0 Å². The van der Waals surface area contributed by atoms with Crippen LogP contribution in [0, 0.1) is 6.92 Å². The molecule has 2 aromatic carbocycles. The van der Waals surface area contributed by atoms with Crippen molar-refractivity contribution in [3.63, 3.8) is 0 Å². The molecule has 1 saturated heterocycles. The normalized spacial score (nSPS) is 15.5. The SMILES string of the molecule is CCOC(=O)N1CCC(Nc2nc(NC(CS(C)(=O)=O)c3ccccc3)c3cccc(C)c3n2)CC1. The molecule has 36 heavy (non-hydrogen) atoms. The van der Waals surface area contributed by atoms with Crippen molar-refractivity contribution in [2.45, 2.75) is 38.8 Å². The van der Waals surface area contributed by atoms with Gasteiger partial charge in [0, 0.05) is 30.8 Å². The number of amides is 1. The third kappa shape index (κ3) is 6.42. The zero-order valence-corrected chi connectivity index (χ0v) is 21.7. The van der Waals surface area contributed by atoms with Gasteiger partial charge in [0.25, 0.3) is 0 Å². The van der Waals surface area contributed by atoms with Crippen LogP contribution in [-0.4, -0.2) is 67.1 Å². The number of likely N-dealkylation sites (tertiary alicyclic amines) is 1. The number of anilines is 2. The van der Waals surface area contributed by atoms with E-state index in [0.717, 1.165) is 34.9 Å². The van der Waals surface area contributed by atoms with Gasteiger partial charge in [0.15, 0.2) is 0 Å². The van der Waals surface area contributed by atoms with Crippen LogP contribution in [0.1, 0.15) is 36.9 Å². The lowest BCUT2D eigenvalue weighted by Crippen LogP contribution is -2.42. The summed E-state index contributed by atoms with van der Waals surface area (Å²) < 4.78 is 29.6. The second-order valence-corrected chi connectivity index (χ2v) is 11.4. The molecular weight excluding hydrogens is 478 g/mol. The van der Waals surface area contributed by atoms with Crippen LogP contribution >= 0.6 is 0 Å². The van der Waals surface area contributed by atoms with Gasteiger partial charge in [-0.05, 0) is 43.9 Å².